The number of carbonyl (C=O) groups is 2. The molecule has 0 saturated carbocycles. The van der Waals surface area contributed by atoms with Crippen LogP contribution in [0.15, 0.2) is 0 Å². The van der Waals surface area contributed by atoms with Gasteiger partial charge in [0.25, 0.3) is 0 Å². The van der Waals surface area contributed by atoms with Crippen molar-refractivity contribution in [1.82, 2.24) is 10.2 Å². The van der Waals surface area contributed by atoms with Crippen LogP contribution >= 0.6 is 11.8 Å². The Morgan fingerprint density at radius 2 is 2.07 bits per heavy atom. The average molecular weight is 214 g/mol. The third kappa shape index (κ3) is 2.20. The zero-order valence-electron chi connectivity index (χ0n) is 7.99. The molecule has 2 saturated heterocycles. The number of carbonyl (C=O) groups excluding carboxylic acids is 2. The van der Waals surface area contributed by atoms with Crippen LogP contribution < -0.4 is 5.32 Å². The van der Waals surface area contributed by atoms with Gasteiger partial charge in [-0.1, -0.05) is 0 Å². The number of urea groups is 1. The lowest BCUT2D eigenvalue weighted by Crippen LogP contribution is -2.34. The standard InChI is InChI=1S/C9H14N2O2S/c12-8-6-11(9(13)10-8)5-7-1-3-14-4-2-7/h7H,1-6H2,(H,10,12,13). The van der Waals surface area contributed by atoms with E-state index in [2.05, 4.69) is 5.32 Å². The quantitative estimate of drug-likeness (QED) is 0.688. The van der Waals surface area contributed by atoms with Crippen LogP contribution in [0.5, 0.6) is 0 Å². The molecule has 0 radical (unpaired) electrons. The number of nitrogens with zero attached hydrogens (tertiary/aromatic N) is 1. The second-order valence-corrected chi connectivity index (χ2v) is 5.01. The number of amides is 3. The molecule has 14 heavy (non-hydrogen) atoms. The first kappa shape index (κ1) is 9.83. The second-order valence-electron chi connectivity index (χ2n) is 3.79. The summed E-state index contributed by atoms with van der Waals surface area (Å²) >= 11 is 1.97. The van der Waals surface area contributed by atoms with Crippen LogP contribution in [-0.2, 0) is 4.79 Å². The first-order chi connectivity index (χ1) is 6.75. The van der Waals surface area contributed by atoms with Crippen LogP contribution in [0.2, 0.25) is 0 Å². The van der Waals surface area contributed by atoms with Crippen molar-refractivity contribution in [3.8, 4) is 0 Å². The number of rotatable bonds is 2. The van der Waals surface area contributed by atoms with Gasteiger partial charge in [0.1, 0.15) is 6.54 Å². The highest BCUT2D eigenvalue weighted by molar-refractivity contribution is 7.99. The summed E-state index contributed by atoms with van der Waals surface area (Å²) in [4.78, 5) is 23.8. The van der Waals surface area contributed by atoms with Gasteiger partial charge in [0.15, 0.2) is 0 Å². The van der Waals surface area contributed by atoms with Crippen molar-refractivity contribution in [2.75, 3.05) is 24.6 Å². The summed E-state index contributed by atoms with van der Waals surface area (Å²) in [7, 11) is 0. The Labute approximate surface area is 87.4 Å². The van der Waals surface area contributed by atoms with Crippen molar-refractivity contribution >= 4 is 23.7 Å². The fraction of sp³-hybridized carbons (Fsp3) is 0.778. The van der Waals surface area contributed by atoms with Crippen LogP contribution in [0.1, 0.15) is 12.8 Å². The molecule has 5 heteroatoms. The molecule has 0 atom stereocenters. The fourth-order valence-corrected chi connectivity index (χ4v) is 3.08. The van der Waals surface area contributed by atoms with Gasteiger partial charge in [-0.15, -0.1) is 0 Å². The maximum Gasteiger partial charge on any atom is 0.324 e. The van der Waals surface area contributed by atoms with Crippen LogP contribution in [0.3, 0.4) is 0 Å². The van der Waals surface area contributed by atoms with E-state index in [9.17, 15) is 9.59 Å². The largest absolute Gasteiger partial charge is 0.324 e. The van der Waals surface area contributed by atoms with Crippen molar-refractivity contribution in [1.29, 1.82) is 0 Å². The van der Waals surface area contributed by atoms with Crippen LogP contribution in [-0.4, -0.2) is 41.4 Å². The van der Waals surface area contributed by atoms with Crippen molar-refractivity contribution < 1.29 is 9.59 Å². The fourth-order valence-electron chi connectivity index (χ4n) is 1.87. The Kier molecular flexibility index (Phi) is 2.96. The molecule has 2 heterocycles. The third-order valence-corrected chi connectivity index (χ3v) is 3.74. The molecule has 0 aromatic heterocycles. The Balaban J connectivity index is 1.84. The third-order valence-electron chi connectivity index (χ3n) is 2.69. The molecule has 0 bridgehead atoms. The number of nitrogens with one attached hydrogen (secondary N) is 1. The predicted octanol–water partition coefficient (Wildman–Crippen LogP) is 0.681. The minimum atomic E-state index is -0.215. The molecular weight excluding hydrogens is 200 g/mol. The monoisotopic (exact) mass is 214 g/mol. The van der Waals surface area contributed by atoms with E-state index in [1.165, 1.54) is 24.3 Å². The van der Waals surface area contributed by atoms with Gasteiger partial charge in [0, 0.05) is 6.54 Å². The van der Waals surface area contributed by atoms with E-state index >= 15 is 0 Å². The van der Waals surface area contributed by atoms with E-state index in [-0.39, 0.29) is 18.5 Å². The summed E-state index contributed by atoms with van der Waals surface area (Å²) < 4.78 is 0. The Bertz CT molecular complexity index is 251. The van der Waals surface area contributed by atoms with Crippen molar-refractivity contribution in [3.05, 3.63) is 0 Å². The lowest BCUT2D eigenvalue weighted by Gasteiger charge is -2.25. The molecule has 2 aliphatic heterocycles. The summed E-state index contributed by atoms with van der Waals surface area (Å²) in [5.74, 6) is 2.80. The van der Waals surface area contributed by atoms with E-state index in [0.29, 0.717) is 5.92 Å². The minimum absolute atomic E-state index is 0.166. The highest BCUT2D eigenvalue weighted by Crippen LogP contribution is 2.23. The van der Waals surface area contributed by atoms with E-state index in [1.54, 1.807) is 4.90 Å². The first-order valence-electron chi connectivity index (χ1n) is 4.92. The molecule has 0 aliphatic carbocycles. The van der Waals surface area contributed by atoms with E-state index in [4.69, 9.17) is 0 Å². The van der Waals surface area contributed by atoms with Gasteiger partial charge < -0.3 is 4.90 Å². The minimum Gasteiger partial charge on any atom is -0.315 e. The van der Waals surface area contributed by atoms with E-state index in [1.807, 2.05) is 11.8 Å². The van der Waals surface area contributed by atoms with Crippen LogP contribution in [0.25, 0.3) is 0 Å². The molecule has 0 unspecified atom stereocenters. The topological polar surface area (TPSA) is 49.4 Å². The van der Waals surface area contributed by atoms with Gasteiger partial charge in [-0.3, -0.25) is 10.1 Å². The zero-order valence-corrected chi connectivity index (χ0v) is 8.81. The van der Waals surface area contributed by atoms with Crippen molar-refractivity contribution in [2.24, 2.45) is 5.92 Å². The Morgan fingerprint density at radius 3 is 2.64 bits per heavy atom. The Morgan fingerprint density at radius 1 is 1.36 bits per heavy atom. The molecule has 78 valence electrons. The van der Waals surface area contributed by atoms with Gasteiger partial charge in [0.2, 0.25) is 5.91 Å². The molecule has 0 spiro atoms. The van der Waals surface area contributed by atoms with Gasteiger partial charge in [-0.05, 0) is 30.3 Å². The molecular formula is C9H14N2O2S. The molecule has 4 nitrogen and oxygen atoms in total. The highest BCUT2D eigenvalue weighted by atomic mass is 32.2. The van der Waals surface area contributed by atoms with Gasteiger partial charge >= 0.3 is 6.03 Å². The maximum absolute atomic E-state index is 11.2. The molecule has 1 N–H and O–H groups in total. The van der Waals surface area contributed by atoms with Crippen LogP contribution in [0.4, 0.5) is 4.79 Å². The van der Waals surface area contributed by atoms with Crippen molar-refractivity contribution in [3.63, 3.8) is 0 Å². The number of hydrogen-bond donors (Lipinski definition) is 1. The van der Waals surface area contributed by atoms with E-state index in [0.717, 1.165) is 6.54 Å². The summed E-state index contributed by atoms with van der Waals surface area (Å²) in [5, 5.41) is 2.30. The average Bonchev–Trinajstić information content (AvgIpc) is 2.47. The SMILES string of the molecule is O=C1CN(CC2CCSCC2)C(=O)N1. The second kappa shape index (κ2) is 4.21. The van der Waals surface area contributed by atoms with Gasteiger partial charge in [-0.25, -0.2) is 4.79 Å². The lowest BCUT2D eigenvalue weighted by atomic mass is 10.0. The summed E-state index contributed by atoms with van der Waals surface area (Å²) in [6.07, 6.45) is 2.34. The summed E-state index contributed by atoms with van der Waals surface area (Å²) in [6.45, 7) is 1.00. The predicted molar refractivity (Wildman–Crippen MR) is 55.2 cm³/mol. The van der Waals surface area contributed by atoms with Gasteiger partial charge in [-0.2, -0.15) is 11.8 Å². The highest BCUT2D eigenvalue weighted by Gasteiger charge is 2.29. The van der Waals surface area contributed by atoms with Gasteiger partial charge in [0.05, 0.1) is 0 Å². The summed E-state index contributed by atoms with van der Waals surface area (Å²) in [6, 6.07) is -0.215. The zero-order chi connectivity index (χ0) is 9.97. The smallest absolute Gasteiger partial charge is 0.315 e. The Hall–Kier alpha value is -0.710. The molecule has 2 rings (SSSR count). The number of thioether (sulfide) groups is 1. The molecule has 2 fully saturated rings. The summed E-state index contributed by atoms with van der Waals surface area (Å²) in [5.41, 5.74) is 0. The number of hydrogen-bond acceptors (Lipinski definition) is 3. The lowest BCUT2D eigenvalue weighted by molar-refractivity contribution is -0.118. The normalized spacial score (nSPS) is 24.1. The maximum atomic E-state index is 11.2. The van der Waals surface area contributed by atoms with Crippen LogP contribution in [0, 0.1) is 5.92 Å². The van der Waals surface area contributed by atoms with Crippen molar-refractivity contribution in [2.45, 2.75) is 12.8 Å². The van der Waals surface area contributed by atoms with E-state index < -0.39 is 0 Å². The molecule has 3 amide bonds. The molecule has 0 aromatic rings. The molecule has 2 aliphatic rings. The molecule has 0 aromatic carbocycles. The number of imide groups is 1. The first-order valence-corrected chi connectivity index (χ1v) is 6.07.